The fourth-order valence-electron chi connectivity index (χ4n) is 1.96. The molecule has 0 saturated heterocycles. The maximum absolute atomic E-state index is 11.6. The van der Waals surface area contributed by atoms with Gasteiger partial charge in [0, 0.05) is 23.6 Å². The summed E-state index contributed by atoms with van der Waals surface area (Å²) >= 11 is 0. The van der Waals surface area contributed by atoms with Crippen molar-refractivity contribution >= 4 is 16.9 Å². The molecule has 112 valence electrons. The molecular weight excluding hydrogens is 270 g/mol. The third-order valence-corrected chi connectivity index (χ3v) is 3.31. The summed E-state index contributed by atoms with van der Waals surface area (Å²) in [5.74, 6) is 0.325. The van der Waals surface area contributed by atoms with Crippen LogP contribution < -0.4 is 15.7 Å². The Balaban J connectivity index is 2.10. The zero-order chi connectivity index (χ0) is 15.4. The van der Waals surface area contributed by atoms with Crippen LogP contribution in [0.1, 0.15) is 25.8 Å². The highest BCUT2D eigenvalue weighted by molar-refractivity contribution is 5.81. The predicted octanol–water partition coefficient (Wildman–Crippen LogP) is 2.39. The number of nitrogens with one attached hydrogen (secondary N) is 1. The Morgan fingerprint density at radius 3 is 2.86 bits per heavy atom. The van der Waals surface area contributed by atoms with Crippen LogP contribution >= 0.6 is 0 Å². The number of carbonyl (C=O) groups is 1. The Hall–Kier alpha value is -2.30. The van der Waals surface area contributed by atoms with Crippen molar-refractivity contribution < 1.29 is 13.9 Å². The summed E-state index contributed by atoms with van der Waals surface area (Å²) in [4.78, 5) is 23.0. The molecule has 0 unspecified atom stereocenters. The van der Waals surface area contributed by atoms with Crippen molar-refractivity contribution in [3.63, 3.8) is 0 Å². The van der Waals surface area contributed by atoms with Crippen LogP contribution in [-0.2, 0) is 4.79 Å². The maximum atomic E-state index is 11.6. The number of ether oxygens (including phenoxy) is 1. The van der Waals surface area contributed by atoms with E-state index in [0.29, 0.717) is 11.3 Å². The number of amides is 1. The van der Waals surface area contributed by atoms with E-state index < -0.39 is 5.63 Å². The van der Waals surface area contributed by atoms with E-state index in [2.05, 4.69) is 5.32 Å². The lowest BCUT2D eigenvalue weighted by Crippen LogP contribution is -2.35. The Kier molecular flexibility index (Phi) is 4.62. The van der Waals surface area contributed by atoms with Crippen molar-refractivity contribution in [1.82, 2.24) is 5.32 Å². The minimum atomic E-state index is -0.397. The summed E-state index contributed by atoms with van der Waals surface area (Å²) < 4.78 is 10.6. The van der Waals surface area contributed by atoms with Crippen molar-refractivity contribution in [2.24, 2.45) is 0 Å². The van der Waals surface area contributed by atoms with Gasteiger partial charge in [0.25, 0.3) is 5.91 Å². The van der Waals surface area contributed by atoms with Crippen LogP contribution in [0, 0.1) is 6.92 Å². The third kappa shape index (κ3) is 3.84. The summed E-state index contributed by atoms with van der Waals surface area (Å²) in [6.07, 6.45) is 0.867. The van der Waals surface area contributed by atoms with E-state index >= 15 is 0 Å². The topological polar surface area (TPSA) is 68.5 Å². The van der Waals surface area contributed by atoms with E-state index in [9.17, 15) is 9.59 Å². The molecule has 1 heterocycles. The highest BCUT2D eigenvalue weighted by Crippen LogP contribution is 2.22. The van der Waals surface area contributed by atoms with Crippen molar-refractivity contribution in [3.8, 4) is 5.75 Å². The van der Waals surface area contributed by atoms with Crippen LogP contribution in [-0.4, -0.2) is 18.6 Å². The van der Waals surface area contributed by atoms with Crippen LogP contribution in [0.5, 0.6) is 5.75 Å². The lowest BCUT2D eigenvalue weighted by Gasteiger charge is -2.12. The zero-order valence-corrected chi connectivity index (χ0v) is 12.4. The lowest BCUT2D eigenvalue weighted by atomic mass is 10.1. The molecule has 1 amide bonds. The van der Waals surface area contributed by atoms with Crippen LogP contribution in [0.4, 0.5) is 0 Å². The standard InChI is InChI=1S/C16H19NO4/c1-4-11(3)17-15(18)9-20-12-5-6-13-10(2)7-16(19)21-14(13)8-12/h5-8,11H,4,9H2,1-3H3,(H,17,18)/t11-/m1/s1. The fourth-order valence-corrected chi connectivity index (χ4v) is 1.96. The van der Waals surface area contributed by atoms with Crippen molar-refractivity contribution in [2.45, 2.75) is 33.2 Å². The van der Waals surface area contributed by atoms with E-state index in [1.54, 1.807) is 12.1 Å². The Labute approximate surface area is 122 Å². The van der Waals surface area contributed by atoms with Gasteiger partial charge in [-0.25, -0.2) is 4.79 Å². The van der Waals surface area contributed by atoms with Crippen LogP contribution in [0.25, 0.3) is 11.0 Å². The SMILES string of the molecule is CC[C@@H](C)NC(=O)COc1ccc2c(C)cc(=O)oc2c1. The first kappa shape index (κ1) is 15.1. The van der Waals surface area contributed by atoms with Gasteiger partial charge in [-0.1, -0.05) is 6.92 Å². The number of fused-ring (bicyclic) bond motifs is 1. The summed E-state index contributed by atoms with van der Waals surface area (Å²) in [7, 11) is 0. The summed E-state index contributed by atoms with van der Waals surface area (Å²) in [5.41, 5.74) is 0.911. The summed E-state index contributed by atoms with van der Waals surface area (Å²) in [5, 5.41) is 3.67. The smallest absolute Gasteiger partial charge is 0.336 e. The van der Waals surface area contributed by atoms with Gasteiger partial charge in [-0.05, 0) is 38.0 Å². The molecule has 0 radical (unpaired) electrons. The van der Waals surface area contributed by atoms with Crippen LogP contribution in [0.15, 0.2) is 33.5 Å². The second-order valence-corrected chi connectivity index (χ2v) is 5.07. The minimum absolute atomic E-state index is 0.0636. The second kappa shape index (κ2) is 6.43. The average molecular weight is 289 g/mol. The Bertz CT molecular complexity index is 705. The molecule has 2 aromatic rings. The number of benzene rings is 1. The van der Waals surface area contributed by atoms with Gasteiger partial charge in [0.15, 0.2) is 6.61 Å². The van der Waals surface area contributed by atoms with E-state index in [-0.39, 0.29) is 18.6 Å². The molecule has 0 saturated carbocycles. The lowest BCUT2D eigenvalue weighted by molar-refractivity contribution is -0.123. The van der Waals surface area contributed by atoms with E-state index in [4.69, 9.17) is 9.15 Å². The van der Waals surface area contributed by atoms with Crippen LogP contribution in [0.2, 0.25) is 0 Å². The summed E-state index contributed by atoms with van der Waals surface area (Å²) in [6, 6.07) is 6.77. The van der Waals surface area contributed by atoms with Crippen LogP contribution in [0.3, 0.4) is 0 Å². The number of hydrogen-bond donors (Lipinski definition) is 1. The predicted molar refractivity (Wildman–Crippen MR) is 80.6 cm³/mol. The van der Waals surface area contributed by atoms with E-state index in [1.165, 1.54) is 6.07 Å². The monoisotopic (exact) mass is 289 g/mol. The maximum Gasteiger partial charge on any atom is 0.336 e. The van der Waals surface area contributed by atoms with Gasteiger partial charge >= 0.3 is 5.63 Å². The Morgan fingerprint density at radius 2 is 2.14 bits per heavy atom. The molecular formula is C16H19NO4. The molecule has 21 heavy (non-hydrogen) atoms. The van der Waals surface area contributed by atoms with Gasteiger partial charge in [-0.2, -0.15) is 0 Å². The van der Waals surface area contributed by atoms with Gasteiger partial charge in [-0.3, -0.25) is 4.79 Å². The first-order valence-electron chi connectivity index (χ1n) is 6.96. The molecule has 1 N–H and O–H groups in total. The molecule has 1 aromatic carbocycles. The van der Waals surface area contributed by atoms with Gasteiger partial charge < -0.3 is 14.5 Å². The molecule has 2 rings (SSSR count). The molecule has 0 bridgehead atoms. The molecule has 0 aliphatic rings. The quantitative estimate of drug-likeness (QED) is 0.858. The molecule has 5 nitrogen and oxygen atoms in total. The highest BCUT2D eigenvalue weighted by atomic mass is 16.5. The third-order valence-electron chi connectivity index (χ3n) is 3.31. The van der Waals surface area contributed by atoms with Gasteiger partial charge in [-0.15, -0.1) is 0 Å². The molecule has 0 spiro atoms. The van der Waals surface area contributed by atoms with Crippen molar-refractivity contribution in [2.75, 3.05) is 6.61 Å². The Morgan fingerprint density at radius 1 is 1.38 bits per heavy atom. The first-order valence-corrected chi connectivity index (χ1v) is 6.96. The molecule has 1 atom stereocenters. The van der Waals surface area contributed by atoms with Gasteiger partial charge in [0.2, 0.25) is 0 Å². The molecule has 1 aromatic heterocycles. The van der Waals surface area contributed by atoms with E-state index in [1.807, 2.05) is 26.8 Å². The first-order chi connectivity index (χ1) is 9.99. The molecule has 0 aliphatic carbocycles. The largest absolute Gasteiger partial charge is 0.484 e. The van der Waals surface area contributed by atoms with Crippen molar-refractivity contribution in [1.29, 1.82) is 0 Å². The number of rotatable bonds is 5. The molecule has 5 heteroatoms. The van der Waals surface area contributed by atoms with Gasteiger partial charge in [0.05, 0.1) is 0 Å². The van der Waals surface area contributed by atoms with Gasteiger partial charge in [0.1, 0.15) is 11.3 Å². The average Bonchev–Trinajstić information content (AvgIpc) is 2.44. The number of aryl methyl sites for hydroxylation is 1. The van der Waals surface area contributed by atoms with Crippen molar-refractivity contribution in [3.05, 3.63) is 40.2 Å². The molecule has 0 aliphatic heterocycles. The normalized spacial score (nSPS) is 12.1. The fraction of sp³-hybridized carbons (Fsp3) is 0.375. The van der Waals surface area contributed by atoms with E-state index in [0.717, 1.165) is 17.4 Å². The zero-order valence-electron chi connectivity index (χ0n) is 12.4. The second-order valence-electron chi connectivity index (χ2n) is 5.07. The minimum Gasteiger partial charge on any atom is -0.484 e. The number of carbonyl (C=O) groups excluding carboxylic acids is 1. The number of hydrogen-bond acceptors (Lipinski definition) is 4. The highest BCUT2D eigenvalue weighted by Gasteiger charge is 2.08. The summed E-state index contributed by atoms with van der Waals surface area (Å²) in [6.45, 7) is 5.72. The molecule has 0 fully saturated rings.